The van der Waals surface area contributed by atoms with Crippen molar-refractivity contribution >= 4 is 41.3 Å². The van der Waals surface area contributed by atoms with Crippen molar-refractivity contribution in [1.29, 1.82) is 0 Å². The maximum atomic E-state index is 13.9. The van der Waals surface area contributed by atoms with E-state index in [0.29, 0.717) is 12.1 Å². The normalized spacial score (nSPS) is 27.8. The molecule has 4 N–H and O–H groups in total. The van der Waals surface area contributed by atoms with Gasteiger partial charge in [-0.3, -0.25) is 24.0 Å². The summed E-state index contributed by atoms with van der Waals surface area (Å²) in [6.07, 6.45) is 4.56. The number of hydrogen-bond donors (Lipinski definition) is 3. The minimum atomic E-state index is -1.13. The Bertz CT molecular complexity index is 1130. The molecule has 1 fully saturated rings. The molecule has 1 saturated heterocycles. The number of carbonyl (C=O) groups is 5. The van der Waals surface area contributed by atoms with Crippen LogP contribution in [0.5, 0.6) is 0 Å². The van der Waals surface area contributed by atoms with Gasteiger partial charge >= 0.3 is 11.8 Å². The van der Waals surface area contributed by atoms with Gasteiger partial charge in [0.1, 0.15) is 12.1 Å². The zero-order valence-electron chi connectivity index (χ0n) is 20.2. The Morgan fingerprint density at radius 1 is 1.23 bits per heavy atom. The summed E-state index contributed by atoms with van der Waals surface area (Å²) in [6.45, 7) is 4.00. The van der Waals surface area contributed by atoms with Crippen molar-refractivity contribution in [1.82, 2.24) is 15.1 Å². The Kier molecular flexibility index (Phi) is 6.40. The molecule has 5 amide bonds. The van der Waals surface area contributed by atoms with Gasteiger partial charge in [0.15, 0.2) is 0 Å². The molecular formula is C25H31N5O5. The van der Waals surface area contributed by atoms with E-state index in [-0.39, 0.29) is 37.8 Å². The molecule has 1 aromatic carbocycles. The quantitative estimate of drug-likeness (QED) is 0.535. The maximum absolute atomic E-state index is 13.9. The van der Waals surface area contributed by atoms with E-state index in [0.717, 1.165) is 16.0 Å². The first-order valence-electron chi connectivity index (χ1n) is 11.8. The fraction of sp³-hybridized carbons (Fsp3) is 0.480. The van der Waals surface area contributed by atoms with Crippen molar-refractivity contribution in [2.75, 3.05) is 25.5 Å². The number of nitrogens with two attached hydrogens (primary N) is 1. The number of anilines is 1. The van der Waals surface area contributed by atoms with Crippen molar-refractivity contribution in [2.45, 2.75) is 50.6 Å². The second-order valence-electron chi connectivity index (χ2n) is 9.94. The predicted molar refractivity (Wildman–Crippen MR) is 129 cm³/mol. The number of rotatable bonds is 3. The molecule has 10 nitrogen and oxygen atoms in total. The minimum absolute atomic E-state index is 0.0136. The van der Waals surface area contributed by atoms with Crippen LogP contribution in [0.2, 0.25) is 0 Å². The summed E-state index contributed by atoms with van der Waals surface area (Å²) < 4.78 is 0. The SMILES string of the molecule is CC(C)C[C@H]1C(=O)N2C[C@]3(C[C@H]2C(N)=O)C(=O)Nc2ccc(cc23)/C=C\CCNC(=O)C(=O)N1C. The molecule has 1 aromatic rings. The first-order chi connectivity index (χ1) is 16.5. The van der Waals surface area contributed by atoms with Crippen LogP contribution in [0.4, 0.5) is 5.69 Å². The molecule has 3 aliphatic heterocycles. The summed E-state index contributed by atoms with van der Waals surface area (Å²) in [6, 6.07) is 3.54. The van der Waals surface area contributed by atoms with Gasteiger partial charge in [0.25, 0.3) is 0 Å². The summed E-state index contributed by atoms with van der Waals surface area (Å²) >= 11 is 0. The molecule has 4 rings (SSSR count). The van der Waals surface area contributed by atoms with E-state index in [1.807, 2.05) is 44.2 Å². The van der Waals surface area contributed by atoms with E-state index in [9.17, 15) is 24.0 Å². The lowest BCUT2D eigenvalue weighted by atomic mass is 9.79. The largest absolute Gasteiger partial charge is 0.368 e. The van der Waals surface area contributed by atoms with Crippen LogP contribution in [0.1, 0.15) is 44.2 Å². The average Bonchev–Trinajstić information content (AvgIpc) is 3.34. The van der Waals surface area contributed by atoms with Crippen LogP contribution >= 0.6 is 0 Å². The van der Waals surface area contributed by atoms with Crippen molar-refractivity contribution in [3.8, 4) is 0 Å². The van der Waals surface area contributed by atoms with E-state index in [4.69, 9.17) is 5.73 Å². The lowest BCUT2D eigenvalue weighted by Gasteiger charge is -2.33. The van der Waals surface area contributed by atoms with Crippen LogP contribution in [0, 0.1) is 5.92 Å². The summed E-state index contributed by atoms with van der Waals surface area (Å²) in [7, 11) is 1.41. The number of amides is 5. The minimum Gasteiger partial charge on any atom is -0.368 e. The number of nitrogens with zero attached hydrogens (tertiary/aromatic N) is 2. The van der Waals surface area contributed by atoms with Gasteiger partial charge in [0, 0.05) is 25.8 Å². The molecular weight excluding hydrogens is 450 g/mol. The fourth-order valence-electron chi connectivity index (χ4n) is 5.21. The fourth-order valence-corrected chi connectivity index (χ4v) is 5.21. The van der Waals surface area contributed by atoms with Crippen LogP contribution < -0.4 is 16.4 Å². The molecule has 186 valence electrons. The van der Waals surface area contributed by atoms with E-state index in [1.54, 1.807) is 0 Å². The third kappa shape index (κ3) is 4.28. The van der Waals surface area contributed by atoms with E-state index >= 15 is 0 Å². The van der Waals surface area contributed by atoms with E-state index < -0.39 is 41.1 Å². The van der Waals surface area contributed by atoms with Crippen molar-refractivity contribution < 1.29 is 24.0 Å². The van der Waals surface area contributed by atoms with Crippen LogP contribution in [-0.4, -0.2) is 71.6 Å². The molecule has 0 aliphatic carbocycles. The van der Waals surface area contributed by atoms with Crippen LogP contribution in [0.3, 0.4) is 0 Å². The Labute approximate surface area is 203 Å². The number of benzene rings is 1. The van der Waals surface area contributed by atoms with Crippen LogP contribution in [0.15, 0.2) is 24.3 Å². The third-order valence-corrected chi connectivity index (χ3v) is 7.08. The predicted octanol–water partition coefficient (Wildman–Crippen LogP) is 0.369. The van der Waals surface area contributed by atoms with Crippen molar-refractivity contribution in [3.63, 3.8) is 0 Å². The first-order valence-corrected chi connectivity index (χ1v) is 11.8. The number of hydrogen-bond acceptors (Lipinski definition) is 5. The van der Waals surface area contributed by atoms with Gasteiger partial charge < -0.3 is 26.2 Å². The standard InChI is InChI=1S/C25H31N5O5/c1-14(2)10-18-22(33)30-13-25(12-19(30)20(26)31)16-11-15(7-8-17(16)28-24(25)35)6-4-5-9-27-21(32)23(34)29(18)3/h4,6-8,11,14,18-19H,5,9-10,12-13H2,1-3H3,(H2,26,31)(H,27,32)(H,28,35)/b6-4-/t18-,19-,25-/m0/s1. The highest BCUT2D eigenvalue weighted by Crippen LogP contribution is 2.47. The lowest BCUT2D eigenvalue weighted by molar-refractivity contribution is -0.152. The van der Waals surface area contributed by atoms with Crippen molar-refractivity contribution in [3.05, 3.63) is 35.4 Å². The first kappa shape index (κ1) is 24.4. The molecule has 0 aromatic heterocycles. The smallest absolute Gasteiger partial charge is 0.312 e. The van der Waals surface area contributed by atoms with Gasteiger partial charge in [-0.25, -0.2) is 0 Å². The van der Waals surface area contributed by atoms with Gasteiger partial charge in [-0.05, 0) is 48.4 Å². The van der Waals surface area contributed by atoms with Crippen molar-refractivity contribution in [2.24, 2.45) is 11.7 Å². The molecule has 0 saturated carbocycles. The Morgan fingerprint density at radius 2 is 1.97 bits per heavy atom. The third-order valence-electron chi connectivity index (χ3n) is 7.08. The maximum Gasteiger partial charge on any atom is 0.312 e. The number of primary amides is 1. The van der Waals surface area contributed by atoms with E-state index in [2.05, 4.69) is 10.6 Å². The molecule has 0 radical (unpaired) electrons. The summed E-state index contributed by atoms with van der Waals surface area (Å²) in [5.41, 5.74) is 6.79. The summed E-state index contributed by atoms with van der Waals surface area (Å²) in [5, 5.41) is 5.49. The molecule has 35 heavy (non-hydrogen) atoms. The molecule has 0 unspecified atom stereocenters. The molecule has 3 aliphatic rings. The average molecular weight is 482 g/mol. The second kappa shape index (κ2) is 9.16. The molecule has 4 bridgehead atoms. The van der Waals surface area contributed by atoms with E-state index in [1.165, 1.54) is 11.9 Å². The Hall–Kier alpha value is -3.69. The Balaban J connectivity index is 1.83. The second-order valence-corrected chi connectivity index (χ2v) is 9.94. The highest BCUT2D eigenvalue weighted by atomic mass is 16.2. The highest BCUT2D eigenvalue weighted by molar-refractivity contribution is 6.35. The lowest BCUT2D eigenvalue weighted by Crippen LogP contribution is -2.56. The zero-order valence-corrected chi connectivity index (χ0v) is 20.2. The number of fused-ring (bicyclic) bond motifs is 2. The zero-order chi connectivity index (χ0) is 25.5. The molecule has 3 heterocycles. The highest BCUT2D eigenvalue weighted by Gasteiger charge is 2.58. The van der Waals surface area contributed by atoms with Gasteiger partial charge in [-0.1, -0.05) is 32.1 Å². The van der Waals surface area contributed by atoms with Gasteiger partial charge in [0.05, 0.1) is 5.41 Å². The molecule has 10 heteroatoms. The van der Waals surface area contributed by atoms with Crippen LogP contribution in [-0.2, 0) is 29.4 Å². The van der Waals surface area contributed by atoms with Gasteiger partial charge in [-0.2, -0.15) is 0 Å². The topological polar surface area (TPSA) is 142 Å². The van der Waals surface area contributed by atoms with Gasteiger partial charge in [-0.15, -0.1) is 0 Å². The Morgan fingerprint density at radius 3 is 2.66 bits per heavy atom. The van der Waals surface area contributed by atoms with Crippen LogP contribution in [0.25, 0.3) is 6.08 Å². The monoisotopic (exact) mass is 481 g/mol. The number of likely N-dealkylation sites (N-methyl/N-ethyl adjacent to an activating group) is 1. The number of nitrogens with one attached hydrogen (secondary N) is 2. The molecule has 3 atom stereocenters. The number of carbonyl (C=O) groups excluding carboxylic acids is 5. The summed E-state index contributed by atoms with van der Waals surface area (Å²) in [5.74, 6) is -3.15. The van der Waals surface area contributed by atoms with Gasteiger partial charge in [0.2, 0.25) is 17.7 Å². The molecule has 1 spiro atoms. The summed E-state index contributed by atoms with van der Waals surface area (Å²) in [4.78, 5) is 67.5.